The maximum atomic E-state index is 9.46. The van der Waals surface area contributed by atoms with E-state index >= 15 is 0 Å². The first-order valence-electron chi connectivity index (χ1n) is 12.8. The predicted octanol–water partition coefficient (Wildman–Crippen LogP) is 7.29. The minimum atomic E-state index is -0.136. The molecule has 0 spiro atoms. The summed E-state index contributed by atoms with van der Waals surface area (Å²) in [4.78, 5) is 2.31. The molecule has 1 N–H and O–H groups in total. The zero-order chi connectivity index (χ0) is 26.0. The van der Waals surface area contributed by atoms with Gasteiger partial charge in [-0.2, -0.15) is 0 Å². The van der Waals surface area contributed by atoms with Gasteiger partial charge in [0.25, 0.3) is 0 Å². The van der Waals surface area contributed by atoms with Crippen LogP contribution < -0.4 is 4.90 Å². The summed E-state index contributed by atoms with van der Waals surface area (Å²) in [5, 5.41) is 9.46. The number of benzene rings is 4. The van der Waals surface area contributed by atoms with Crippen LogP contribution >= 0.6 is 0 Å². The smallest absolute Gasteiger partial charge is 0.0713 e. The maximum absolute atomic E-state index is 9.46. The SMILES string of the molecule is COCc1ccc(N(c2ccc(COC)cc2)c2ccc3c(c2)C(C)(C)c2cc(CCO)ccc2-3)cc1. The highest BCUT2D eigenvalue weighted by molar-refractivity contribution is 5.85. The van der Waals surface area contributed by atoms with Crippen LogP contribution in [-0.4, -0.2) is 25.9 Å². The summed E-state index contributed by atoms with van der Waals surface area (Å²) >= 11 is 0. The summed E-state index contributed by atoms with van der Waals surface area (Å²) in [6.07, 6.45) is 0.677. The molecule has 0 fully saturated rings. The number of nitrogens with zero attached hydrogens (tertiary/aromatic N) is 1. The quantitative estimate of drug-likeness (QED) is 0.266. The third-order valence-corrected chi connectivity index (χ3v) is 7.39. The lowest BCUT2D eigenvalue weighted by Crippen LogP contribution is -2.17. The average Bonchev–Trinajstić information content (AvgIpc) is 3.13. The molecule has 4 aromatic rings. The van der Waals surface area contributed by atoms with Crippen molar-refractivity contribution in [3.8, 4) is 11.1 Å². The van der Waals surface area contributed by atoms with Gasteiger partial charge in [-0.3, -0.25) is 0 Å². The summed E-state index contributed by atoms with van der Waals surface area (Å²) in [6.45, 7) is 5.95. The zero-order valence-corrected chi connectivity index (χ0v) is 22.1. The Morgan fingerprint density at radius 3 is 1.59 bits per heavy atom. The van der Waals surface area contributed by atoms with E-state index in [0.717, 1.165) is 28.2 Å². The number of aliphatic hydroxyl groups is 1. The van der Waals surface area contributed by atoms with Crippen molar-refractivity contribution in [2.75, 3.05) is 25.7 Å². The van der Waals surface area contributed by atoms with Gasteiger partial charge in [0.2, 0.25) is 0 Å². The molecule has 190 valence electrons. The third-order valence-electron chi connectivity index (χ3n) is 7.39. The molecule has 5 rings (SSSR count). The van der Waals surface area contributed by atoms with Crippen LogP contribution in [0.5, 0.6) is 0 Å². The summed E-state index contributed by atoms with van der Waals surface area (Å²) in [5.41, 5.74) is 11.8. The average molecular weight is 494 g/mol. The van der Waals surface area contributed by atoms with Crippen LogP contribution in [0, 0.1) is 0 Å². The fourth-order valence-corrected chi connectivity index (χ4v) is 5.46. The molecule has 4 nitrogen and oxygen atoms in total. The molecule has 0 saturated carbocycles. The van der Waals surface area contributed by atoms with Gasteiger partial charge in [0, 0.05) is 43.3 Å². The van der Waals surface area contributed by atoms with E-state index in [9.17, 15) is 5.11 Å². The Kier molecular flexibility index (Phi) is 7.16. The summed E-state index contributed by atoms with van der Waals surface area (Å²) < 4.78 is 10.6. The van der Waals surface area contributed by atoms with Gasteiger partial charge in [-0.1, -0.05) is 62.4 Å². The first kappa shape index (κ1) is 25.2. The predicted molar refractivity (Wildman–Crippen MR) is 151 cm³/mol. The molecule has 0 aliphatic heterocycles. The Labute approximate surface area is 220 Å². The van der Waals surface area contributed by atoms with E-state index in [-0.39, 0.29) is 12.0 Å². The first-order valence-corrected chi connectivity index (χ1v) is 12.8. The number of methoxy groups -OCH3 is 2. The number of fused-ring (bicyclic) bond motifs is 3. The lowest BCUT2D eigenvalue weighted by atomic mass is 9.81. The third kappa shape index (κ3) is 4.80. The van der Waals surface area contributed by atoms with Crippen LogP contribution in [0.1, 0.15) is 41.7 Å². The number of hydrogen-bond donors (Lipinski definition) is 1. The van der Waals surface area contributed by atoms with E-state index in [4.69, 9.17) is 9.47 Å². The molecule has 4 aromatic carbocycles. The number of rotatable bonds is 9. The van der Waals surface area contributed by atoms with Crippen molar-refractivity contribution in [1.29, 1.82) is 0 Å². The molecule has 0 unspecified atom stereocenters. The number of aliphatic hydroxyl groups excluding tert-OH is 1. The molecule has 0 amide bonds. The Morgan fingerprint density at radius 2 is 1.08 bits per heavy atom. The van der Waals surface area contributed by atoms with Gasteiger partial charge in [-0.25, -0.2) is 0 Å². The molecule has 0 heterocycles. The molecule has 37 heavy (non-hydrogen) atoms. The van der Waals surface area contributed by atoms with Gasteiger partial charge in [0.1, 0.15) is 0 Å². The topological polar surface area (TPSA) is 41.9 Å². The standard InChI is InChI=1S/C33H35NO3/c1-33(2)31-19-23(17-18-35)9-15-29(31)30-16-14-28(20-32(30)33)34(26-10-5-24(6-11-26)21-36-3)27-12-7-25(8-13-27)22-37-4/h5-16,19-20,35H,17-18,21-22H2,1-4H3. The highest BCUT2D eigenvalue weighted by Crippen LogP contribution is 2.51. The van der Waals surface area contributed by atoms with Crippen molar-refractivity contribution >= 4 is 17.1 Å². The Morgan fingerprint density at radius 1 is 0.622 bits per heavy atom. The second-order valence-corrected chi connectivity index (χ2v) is 10.2. The van der Waals surface area contributed by atoms with Crippen LogP contribution in [0.2, 0.25) is 0 Å². The molecular weight excluding hydrogens is 458 g/mol. The molecule has 0 saturated heterocycles. The summed E-state index contributed by atoms with van der Waals surface area (Å²) in [5.74, 6) is 0. The highest BCUT2D eigenvalue weighted by Gasteiger charge is 2.36. The van der Waals surface area contributed by atoms with Crippen molar-refractivity contribution in [2.24, 2.45) is 0 Å². The molecule has 0 bridgehead atoms. The largest absolute Gasteiger partial charge is 0.396 e. The molecular formula is C33H35NO3. The fourth-order valence-electron chi connectivity index (χ4n) is 5.46. The second kappa shape index (κ2) is 10.5. The Balaban J connectivity index is 1.60. The maximum Gasteiger partial charge on any atom is 0.0713 e. The van der Waals surface area contributed by atoms with Crippen molar-refractivity contribution in [2.45, 2.75) is 38.9 Å². The van der Waals surface area contributed by atoms with E-state index in [1.54, 1.807) is 14.2 Å². The number of anilines is 3. The van der Waals surface area contributed by atoms with Crippen LogP contribution in [0.15, 0.2) is 84.9 Å². The van der Waals surface area contributed by atoms with Gasteiger partial charge >= 0.3 is 0 Å². The van der Waals surface area contributed by atoms with Crippen molar-refractivity contribution < 1.29 is 14.6 Å². The Bertz CT molecular complexity index is 1320. The molecule has 0 atom stereocenters. The monoisotopic (exact) mass is 493 g/mol. The van der Waals surface area contributed by atoms with E-state index in [2.05, 4.69) is 104 Å². The minimum absolute atomic E-state index is 0.136. The number of ether oxygens (including phenoxy) is 2. The van der Waals surface area contributed by atoms with E-state index in [1.807, 2.05) is 0 Å². The number of hydrogen-bond acceptors (Lipinski definition) is 4. The van der Waals surface area contributed by atoms with Crippen LogP contribution in [-0.2, 0) is 34.5 Å². The summed E-state index contributed by atoms with van der Waals surface area (Å²) in [6, 6.07) is 30.6. The molecule has 0 aromatic heterocycles. The molecule has 1 aliphatic rings. The van der Waals surface area contributed by atoms with Crippen LogP contribution in [0.3, 0.4) is 0 Å². The zero-order valence-electron chi connectivity index (χ0n) is 22.1. The lowest BCUT2D eigenvalue weighted by molar-refractivity contribution is 0.185. The summed E-state index contributed by atoms with van der Waals surface area (Å²) in [7, 11) is 3.44. The van der Waals surface area contributed by atoms with E-state index in [1.165, 1.54) is 27.8 Å². The van der Waals surface area contributed by atoms with Crippen molar-refractivity contribution in [3.05, 3.63) is 113 Å². The Hall–Kier alpha value is -3.44. The van der Waals surface area contributed by atoms with E-state index < -0.39 is 0 Å². The lowest BCUT2D eigenvalue weighted by Gasteiger charge is -2.28. The molecule has 1 aliphatic carbocycles. The van der Waals surface area contributed by atoms with Gasteiger partial charge in [-0.05, 0) is 81.8 Å². The van der Waals surface area contributed by atoms with Gasteiger partial charge in [0.15, 0.2) is 0 Å². The highest BCUT2D eigenvalue weighted by atomic mass is 16.5. The molecule has 4 heteroatoms. The van der Waals surface area contributed by atoms with Gasteiger partial charge < -0.3 is 19.5 Å². The van der Waals surface area contributed by atoms with Crippen LogP contribution in [0.25, 0.3) is 11.1 Å². The molecule has 0 radical (unpaired) electrons. The van der Waals surface area contributed by atoms with E-state index in [0.29, 0.717) is 19.6 Å². The first-order chi connectivity index (χ1) is 18.0. The second-order valence-electron chi connectivity index (χ2n) is 10.2. The van der Waals surface area contributed by atoms with Crippen molar-refractivity contribution in [1.82, 2.24) is 0 Å². The van der Waals surface area contributed by atoms with Crippen molar-refractivity contribution in [3.63, 3.8) is 0 Å². The minimum Gasteiger partial charge on any atom is -0.396 e. The van der Waals surface area contributed by atoms with Gasteiger partial charge in [-0.15, -0.1) is 0 Å². The van der Waals surface area contributed by atoms with Crippen LogP contribution in [0.4, 0.5) is 17.1 Å². The normalized spacial score (nSPS) is 13.3. The fraction of sp³-hybridized carbons (Fsp3) is 0.273. The van der Waals surface area contributed by atoms with Gasteiger partial charge in [0.05, 0.1) is 13.2 Å².